The molecule has 1 N–H and O–H groups in total. The third-order valence-electron chi connectivity index (χ3n) is 5.29. The van der Waals surface area contributed by atoms with Crippen LogP contribution in [0.15, 0.2) is 0 Å². The molecule has 2 saturated heterocycles. The lowest BCUT2D eigenvalue weighted by Gasteiger charge is -2.53. The standard InChI is InChI=1S/C14H24N2O/c1-13(2)5-7-14(8-6-13)10-15-12(17)11-4-3-9-16(11)14/h11H,3-10H2,1-2H3,(H,15,17)/t11-/m0/s1. The van der Waals surface area contributed by atoms with Crippen LogP contribution in [-0.4, -0.2) is 35.5 Å². The van der Waals surface area contributed by atoms with E-state index in [1.807, 2.05) is 0 Å². The normalized spacial score (nSPS) is 35.6. The second-order valence-corrected chi connectivity index (χ2v) is 6.96. The van der Waals surface area contributed by atoms with Gasteiger partial charge in [-0.05, 0) is 50.5 Å². The van der Waals surface area contributed by atoms with Crippen LogP contribution >= 0.6 is 0 Å². The second kappa shape index (κ2) is 3.71. The summed E-state index contributed by atoms with van der Waals surface area (Å²) in [5.41, 5.74) is 0.798. The van der Waals surface area contributed by atoms with Crippen LogP contribution in [0.25, 0.3) is 0 Å². The van der Waals surface area contributed by atoms with E-state index in [-0.39, 0.29) is 11.9 Å². The Labute approximate surface area is 104 Å². The summed E-state index contributed by atoms with van der Waals surface area (Å²) in [6, 6.07) is 0.185. The molecule has 0 aromatic rings. The minimum absolute atomic E-state index is 0.185. The molecule has 3 aliphatic rings. The quantitative estimate of drug-likeness (QED) is 0.697. The molecule has 0 unspecified atom stereocenters. The van der Waals surface area contributed by atoms with Crippen LogP contribution in [0.3, 0.4) is 0 Å². The maximum atomic E-state index is 11.9. The van der Waals surface area contributed by atoms with E-state index >= 15 is 0 Å². The number of piperazine rings is 1. The fraction of sp³-hybridized carbons (Fsp3) is 0.929. The van der Waals surface area contributed by atoms with E-state index in [2.05, 4.69) is 24.1 Å². The molecule has 0 radical (unpaired) electrons. The molecule has 1 atom stereocenters. The summed E-state index contributed by atoms with van der Waals surface area (Å²) in [5, 5.41) is 3.16. The SMILES string of the molecule is CC1(C)CCC2(CC1)CNC(=O)[C@@H]1CCCN12. The molecule has 3 heteroatoms. The third-order valence-corrected chi connectivity index (χ3v) is 5.29. The Hall–Kier alpha value is -0.570. The van der Waals surface area contributed by atoms with Crippen LogP contribution in [0.1, 0.15) is 52.4 Å². The van der Waals surface area contributed by atoms with Gasteiger partial charge in [-0.15, -0.1) is 0 Å². The van der Waals surface area contributed by atoms with Crippen molar-refractivity contribution in [3.05, 3.63) is 0 Å². The molecule has 17 heavy (non-hydrogen) atoms. The number of nitrogens with one attached hydrogen (secondary N) is 1. The Morgan fingerprint density at radius 2 is 1.94 bits per heavy atom. The Morgan fingerprint density at radius 1 is 1.24 bits per heavy atom. The van der Waals surface area contributed by atoms with Crippen molar-refractivity contribution in [2.75, 3.05) is 13.1 Å². The van der Waals surface area contributed by atoms with Crippen molar-refractivity contribution in [3.63, 3.8) is 0 Å². The zero-order valence-corrected chi connectivity index (χ0v) is 11.1. The summed E-state index contributed by atoms with van der Waals surface area (Å²) < 4.78 is 0. The lowest BCUT2D eigenvalue weighted by atomic mass is 9.68. The summed E-state index contributed by atoms with van der Waals surface area (Å²) in [5.74, 6) is 0.276. The Kier molecular flexibility index (Phi) is 2.51. The van der Waals surface area contributed by atoms with E-state index in [0.717, 1.165) is 19.5 Å². The first kappa shape index (κ1) is 11.5. The fourth-order valence-corrected chi connectivity index (χ4v) is 3.93. The molecule has 0 aromatic carbocycles. The van der Waals surface area contributed by atoms with Gasteiger partial charge < -0.3 is 5.32 Å². The van der Waals surface area contributed by atoms with Gasteiger partial charge in [0.1, 0.15) is 0 Å². The van der Waals surface area contributed by atoms with Crippen molar-refractivity contribution in [2.24, 2.45) is 5.41 Å². The molecule has 0 bridgehead atoms. The number of fused-ring (bicyclic) bond motifs is 2. The van der Waals surface area contributed by atoms with Gasteiger partial charge in [-0.1, -0.05) is 13.8 Å². The predicted octanol–water partition coefficient (Wildman–Crippen LogP) is 1.92. The number of rotatable bonds is 0. The molecule has 0 aromatic heterocycles. The number of carbonyl (C=O) groups is 1. The van der Waals surface area contributed by atoms with Gasteiger partial charge in [-0.25, -0.2) is 0 Å². The number of hydrogen-bond donors (Lipinski definition) is 1. The Bertz CT molecular complexity index is 327. The lowest BCUT2D eigenvalue weighted by Crippen LogP contribution is -2.67. The average molecular weight is 236 g/mol. The van der Waals surface area contributed by atoms with Crippen molar-refractivity contribution >= 4 is 5.91 Å². The fourth-order valence-electron chi connectivity index (χ4n) is 3.93. The van der Waals surface area contributed by atoms with Gasteiger partial charge in [0.25, 0.3) is 0 Å². The number of amides is 1. The van der Waals surface area contributed by atoms with Crippen LogP contribution < -0.4 is 5.32 Å². The smallest absolute Gasteiger partial charge is 0.237 e. The molecular weight excluding hydrogens is 212 g/mol. The topological polar surface area (TPSA) is 32.3 Å². The van der Waals surface area contributed by atoms with E-state index in [9.17, 15) is 4.79 Å². The van der Waals surface area contributed by atoms with Gasteiger partial charge in [0, 0.05) is 12.1 Å². The molecule has 2 aliphatic heterocycles. The minimum Gasteiger partial charge on any atom is -0.353 e. The third kappa shape index (κ3) is 1.79. The highest BCUT2D eigenvalue weighted by Gasteiger charge is 2.50. The van der Waals surface area contributed by atoms with Crippen molar-refractivity contribution in [1.29, 1.82) is 0 Å². The zero-order valence-electron chi connectivity index (χ0n) is 11.1. The average Bonchev–Trinajstić information content (AvgIpc) is 2.78. The van der Waals surface area contributed by atoms with Crippen molar-refractivity contribution in [2.45, 2.75) is 64.0 Å². The summed E-state index contributed by atoms with van der Waals surface area (Å²) in [4.78, 5) is 14.4. The molecule has 1 aliphatic carbocycles. The van der Waals surface area contributed by atoms with Crippen molar-refractivity contribution in [1.82, 2.24) is 10.2 Å². The lowest BCUT2D eigenvalue weighted by molar-refractivity contribution is -0.135. The first-order valence-electron chi connectivity index (χ1n) is 7.07. The van der Waals surface area contributed by atoms with Crippen LogP contribution in [0.2, 0.25) is 0 Å². The monoisotopic (exact) mass is 236 g/mol. The Balaban J connectivity index is 1.81. The number of hydrogen-bond acceptors (Lipinski definition) is 2. The molecule has 96 valence electrons. The largest absolute Gasteiger partial charge is 0.353 e. The summed E-state index contributed by atoms with van der Waals surface area (Å²) in [6.07, 6.45) is 7.38. The molecule has 2 heterocycles. The molecular formula is C14H24N2O. The van der Waals surface area contributed by atoms with E-state index in [1.165, 1.54) is 32.1 Å². The first-order chi connectivity index (χ1) is 8.03. The molecule has 3 nitrogen and oxygen atoms in total. The predicted molar refractivity (Wildman–Crippen MR) is 67.7 cm³/mol. The van der Waals surface area contributed by atoms with Gasteiger partial charge in [0.15, 0.2) is 0 Å². The van der Waals surface area contributed by atoms with Gasteiger partial charge in [0.05, 0.1) is 6.04 Å². The van der Waals surface area contributed by atoms with Crippen molar-refractivity contribution < 1.29 is 4.79 Å². The number of nitrogens with zero attached hydrogens (tertiary/aromatic N) is 1. The molecule has 1 spiro atoms. The van der Waals surface area contributed by atoms with Gasteiger partial charge >= 0.3 is 0 Å². The van der Waals surface area contributed by atoms with Gasteiger partial charge in [-0.2, -0.15) is 0 Å². The summed E-state index contributed by atoms with van der Waals surface area (Å²) >= 11 is 0. The van der Waals surface area contributed by atoms with Crippen LogP contribution in [0, 0.1) is 5.41 Å². The minimum atomic E-state index is 0.185. The molecule has 1 amide bonds. The maximum Gasteiger partial charge on any atom is 0.237 e. The van der Waals surface area contributed by atoms with Crippen molar-refractivity contribution in [3.8, 4) is 0 Å². The number of carbonyl (C=O) groups excluding carboxylic acids is 1. The molecule has 1 saturated carbocycles. The highest BCUT2D eigenvalue weighted by molar-refractivity contribution is 5.83. The highest BCUT2D eigenvalue weighted by Crippen LogP contribution is 2.46. The van der Waals surface area contributed by atoms with Crippen LogP contribution in [-0.2, 0) is 4.79 Å². The second-order valence-electron chi connectivity index (χ2n) is 6.96. The van der Waals surface area contributed by atoms with Crippen LogP contribution in [0.5, 0.6) is 0 Å². The highest BCUT2D eigenvalue weighted by atomic mass is 16.2. The molecule has 3 rings (SSSR count). The van der Waals surface area contributed by atoms with E-state index in [1.54, 1.807) is 0 Å². The summed E-state index contributed by atoms with van der Waals surface area (Å²) in [6.45, 7) is 6.78. The van der Waals surface area contributed by atoms with E-state index in [4.69, 9.17) is 0 Å². The Morgan fingerprint density at radius 3 is 2.65 bits per heavy atom. The van der Waals surface area contributed by atoms with E-state index < -0.39 is 0 Å². The van der Waals surface area contributed by atoms with Gasteiger partial charge in [0.2, 0.25) is 5.91 Å². The van der Waals surface area contributed by atoms with E-state index in [0.29, 0.717) is 11.0 Å². The molecule has 3 fully saturated rings. The maximum absolute atomic E-state index is 11.9. The van der Waals surface area contributed by atoms with Gasteiger partial charge in [-0.3, -0.25) is 9.69 Å². The van der Waals surface area contributed by atoms with Crippen LogP contribution in [0.4, 0.5) is 0 Å². The summed E-state index contributed by atoms with van der Waals surface area (Å²) in [7, 11) is 0. The zero-order chi connectivity index (χ0) is 12.1. The first-order valence-corrected chi connectivity index (χ1v) is 7.07.